The first-order chi connectivity index (χ1) is 11.2. The summed E-state index contributed by atoms with van der Waals surface area (Å²) >= 11 is 7.35. The first kappa shape index (κ1) is 18.8. The fourth-order valence-electron chi connectivity index (χ4n) is 1.86. The van der Waals surface area contributed by atoms with Crippen LogP contribution in [0.2, 0.25) is 5.02 Å². The molecule has 2 rings (SSSR count). The Balaban J connectivity index is 1.86. The van der Waals surface area contributed by atoms with Crippen LogP contribution in [0.5, 0.6) is 0 Å². The van der Waals surface area contributed by atoms with Crippen LogP contribution in [-0.4, -0.2) is 28.2 Å². The Morgan fingerprint density at radius 1 is 1.42 bits per heavy atom. The minimum atomic E-state index is -0.421. The van der Waals surface area contributed by atoms with Crippen LogP contribution >= 0.6 is 23.4 Å². The normalized spacial score (nSPS) is 12.9. The van der Waals surface area contributed by atoms with E-state index in [1.165, 1.54) is 11.8 Å². The molecule has 130 valence electrons. The number of nitrogens with two attached hydrogens (primary N) is 1. The fourth-order valence-corrected chi connectivity index (χ4v) is 2.74. The second-order valence-electron chi connectivity index (χ2n) is 6.28. The van der Waals surface area contributed by atoms with Gasteiger partial charge in [-0.1, -0.05) is 11.6 Å². The lowest BCUT2D eigenvalue weighted by atomic mass is 10.1. The van der Waals surface area contributed by atoms with Crippen LogP contribution in [0.15, 0.2) is 34.9 Å². The summed E-state index contributed by atoms with van der Waals surface area (Å²) in [6, 6.07) is 7.37. The summed E-state index contributed by atoms with van der Waals surface area (Å²) in [5.74, 6) is 1.75. The standard InChI is InChI=1S/C17H22ClN3O2S/c1-11(16(22)21-10-17(2,3)19)24-9-15-20-8-14(23-15)12-4-6-13(18)7-5-12/h4-8,11H,9-10,19H2,1-3H3,(H,21,22). The number of oxazole rings is 1. The smallest absolute Gasteiger partial charge is 0.232 e. The van der Waals surface area contributed by atoms with Crippen LogP contribution < -0.4 is 11.1 Å². The molecule has 1 aromatic heterocycles. The van der Waals surface area contributed by atoms with Gasteiger partial charge in [-0.15, -0.1) is 11.8 Å². The average Bonchev–Trinajstić information content (AvgIpc) is 2.99. The zero-order valence-corrected chi connectivity index (χ0v) is 15.6. The highest BCUT2D eigenvalue weighted by Crippen LogP contribution is 2.25. The number of carbonyl (C=O) groups is 1. The van der Waals surface area contributed by atoms with E-state index in [-0.39, 0.29) is 11.2 Å². The minimum absolute atomic E-state index is 0.0389. The lowest BCUT2D eigenvalue weighted by Crippen LogP contribution is -2.46. The maximum atomic E-state index is 12.0. The molecule has 0 radical (unpaired) electrons. The third-order valence-electron chi connectivity index (χ3n) is 3.23. The summed E-state index contributed by atoms with van der Waals surface area (Å²) in [5.41, 5.74) is 6.36. The van der Waals surface area contributed by atoms with Crippen molar-refractivity contribution in [2.24, 2.45) is 5.73 Å². The molecule has 2 aromatic rings. The molecule has 1 unspecified atom stereocenters. The van der Waals surface area contributed by atoms with Gasteiger partial charge in [-0.3, -0.25) is 4.79 Å². The third-order valence-corrected chi connectivity index (χ3v) is 4.61. The number of nitrogens with one attached hydrogen (secondary N) is 1. The Bertz CT molecular complexity index is 680. The van der Waals surface area contributed by atoms with Crippen molar-refractivity contribution in [1.82, 2.24) is 10.3 Å². The molecular formula is C17H22ClN3O2S. The number of hydrogen-bond acceptors (Lipinski definition) is 5. The van der Waals surface area contributed by atoms with Crippen molar-refractivity contribution in [2.75, 3.05) is 6.54 Å². The average molecular weight is 368 g/mol. The zero-order chi connectivity index (χ0) is 17.7. The second kappa shape index (κ2) is 8.05. The Morgan fingerprint density at radius 2 is 2.08 bits per heavy atom. The van der Waals surface area contributed by atoms with Crippen LogP contribution in [0.4, 0.5) is 0 Å². The molecule has 7 heteroatoms. The van der Waals surface area contributed by atoms with Gasteiger partial charge >= 0.3 is 0 Å². The number of halogens is 1. The predicted octanol–water partition coefficient (Wildman–Crippen LogP) is 3.47. The minimum Gasteiger partial charge on any atom is -0.440 e. The van der Waals surface area contributed by atoms with Crippen molar-refractivity contribution in [1.29, 1.82) is 0 Å². The van der Waals surface area contributed by atoms with Gasteiger partial charge in [-0.25, -0.2) is 4.98 Å². The summed E-state index contributed by atoms with van der Waals surface area (Å²) in [7, 11) is 0. The van der Waals surface area contributed by atoms with Gasteiger partial charge in [0.25, 0.3) is 0 Å². The van der Waals surface area contributed by atoms with Crippen molar-refractivity contribution >= 4 is 29.3 Å². The number of hydrogen-bond donors (Lipinski definition) is 2. The number of rotatable bonds is 7. The molecule has 0 aliphatic rings. The first-order valence-electron chi connectivity index (χ1n) is 7.63. The number of amides is 1. The van der Waals surface area contributed by atoms with E-state index in [1.807, 2.05) is 32.9 Å². The molecule has 0 saturated carbocycles. The van der Waals surface area contributed by atoms with E-state index in [2.05, 4.69) is 10.3 Å². The van der Waals surface area contributed by atoms with E-state index >= 15 is 0 Å². The molecule has 5 nitrogen and oxygen atoms in total. The van der Waals surface area contributed by atoms with E-state index in [4.69, 9.17) is 21.8 Å². The number of nitrogens with zero attached hydrogens (tertiary/aromatic N) is 1. The van der Waals surface area contributed by atoms with Crippen LogP contribution in [0.25, 0.3) is 11.3 Å². The van der Waals surface area contributed by atoms with E-state index in [9.17, 15) is 4.79 Å². The van der Waals surface area contributed by atoms with Crippen molar-refractivity contribution in [3.05, 3.63) is 41.4 Å². The van der Waals surface area contributed by atoms with Crippen molar-refractivity contribution in [3.8, 4) is 11.3 Å². The molecule has 0 bridgehead atoms. The van der Waals surface area contributed by atoms with Gasteiger partial charge in [-0.05, 0) is 45.0 Å². The number of benzene rings is 1. The molecule has 1 amide bonds. The molecule has 24 heavy (non-hydrogen) atoms. The molecule has 1 atom stereocenters. The van der Waals surface area contributed by atoms with E-state index < -0.39 is 5.54 Å². The highest BCUT2D eigenvalue weighted by atomic mass is 35.5. The second-order valence-corrected chi connectivity index (χ2v) is 8.05. The van der Waals surface area contributed by atoms with Gasteiger partial charge in [-0.2, -0.15) is 0 Å². The lowest BCUT2D eigenvalue weighted by molar-refractivity contribution is -0.120. The van der Waals surface area contributed by atoms with Crippen LogP contribution in [0.1, 0.15) is 26.7 Å². The van der Waals surface area contributed by atoms with Crippen molar-refractivity contribution in [2.45, 2.75) is 37.3 Å². The van der Waals surface area contributed by atoms with Crippen molar-refractivity contribution in [3.63, 3.8) is 0 Å². The third kappa shape index (κ3) is 5.85. The highest BCUT2D eigenvalue weighted by Gasteiger charge is 2.18. The molecule has 0 saturated heterocycles. The molecule has 3 N–H and O–H groups in total. The Labute approximate surface area is 151 Å². The Morgan fingerprint density at radius 3 is 2.71 bits per heavy atom. The SMILES string of the molecule is CC(SCc1ncc(-c2ccc(Cl)cc2)o1)C(=O)NCC(C)(C)N. The lowest BCUT2D eigenvalue weighted by Gasteiger charge is -2.20. The molecule has 0 fully saturated rings. The largest absolute Gasteiger partial charge is 0.440 e. The maximum Gasteiger partial charge on any atom is 0.232 e. The summed E-state index contributed by atoms with van der Waals surface area (Å²) in [4.78, 5) is 16.3. The Hall–Kier alpha value is -1.50. The summed E-state index contributed by atoms with van der Waals surface area (Å²) in [6.45, 7) is 6.04. The van der Waals surface area contributed by atoms with E-state index in [1.54, 1.807) is 18.3 Å². The fraction of sp³-hybridized carbons (Fsp3) is 0.412. The van der Waals surface area contributed by atoms with Gasteiger partial charge in [0.05, 0.1) is 17.2 Å². The van der Waals surface area contributed by atoms with Gasteiger partial charge in [0.1, 0.15) is 0 Å². The quantitative estimate of drug-likeness (QED) is 0.783. The van der Waals surface area contributed by atoms with Gasteiger partial charge in [0.15, 0.2) is 5.76 Å². The summed E-state index contributed by atoms with van der Waals surface area (Å²) < 4.78 is 5.73. The maximum absolute atomic E-state index is 12.0. The van der Waals surface area contributed by atoms with E-state index in [0.29, 0.717) is 29.0 Å². The molecule has 0 spiro atoms. The molecule has 1 aromatic carbocycles. The zero-order valence-electron chi connectivity index (χ0n) is 14.0. The van der Waals surface area contributed by atoms with Gasteiger partial charge < -0.3 is 15.5 Å². The molecule has 1 heterocycles. The molecule has 0 aliphatic carbocycles. The number of thioether (sulfide) groups is 1. The van der Waals surface area contributed by atoms with Crippen LogP contribution in [-0.2, 0) is 10.5 Å². The summed E-state index contributed by atoms with van der Waals surface area (Å²) in [6.07, 6.45) is 1.68. The highest BCUT2D eigenvalue weighted by molar-refractivity contribution is 7.99. The van der Waals surface area contributed by atoms with Crippen LogP contribution in [0, 0.1) is 0 Å². The monoisotopic (exact) mass is 367 g/mol. The number of carbonyl (C=O) groups excluding carboxylic acids is 1. The van der Waals surface area contributed by atoms with Crippen molar-refractivity contribution < 1.29 is 9.21 Å². The Kier molecular flexibility index (Phi) is 6.32. The topological polar surface area (TPSA) is 81.2 Å². The predicted molar refractivity (Wildman–Crippen MR) is 99.0 cm³/mol. The number of aromatic nitrogens is 1. The van der Waals surface area contributed by atoms with Crippen LogP contribution in [0.3, 0.4) is 0 Å². The molecule has 0 aliphatic heterocycles. The van der Waals surface area contributed by atoms with Gasteiger partial charge in [0.2, 0.25) is 11.8 Å². The molecular weight excluding hydrogens is 346 g/mol. The van der Waals surface area contributed by atoms with Gasteiger partial charge in [0, 0.05) is 22.7 Å². The van der Waals surface area contributed by atoms with E-state index in [0.717, 1.165) is 5.56 Å². The first-order valence-corrected chi connectivity index (χ1v) is 9.06. The summed E-state index contributed by atoms with van der Waals surface area (Å²) in [5, 5.41) is 3.31.